The lowest BCUT2D eigenvalue weighted by atomic mass is 10.1. The average Bonchev–Trinajstić information content (AvgIpc) is 2.93. The summed E-state index contributed by atoms with van der Waals surface area (Å²) in [5, 5.41) is 17.8. The Kier molecular flexibility index (Phi) is 30.7. The van der Waals surface area contributed by atoms with Crippen molar-refractivity contribution >= 4 is 0 Å². The van der Waals surface area contributed by atoms with Crippen LogP contribution in [0.1, 0.15) is 65.2 Å². The maximum absolute atomic E-state index is 9.19. The highest BCUT2D eigenvalue weighted by molar-refractivity contribution is 4.60. The van der Waals surface area contributed by atoms with Crippen LogP contribution in [0.25, 0.3) is 0 Å². The minimum atomic E-state index is -1.20. The number of aliphatic hydroxyl groups excluding tert-OH is 1. The zero-order valence-corrected chi connectivity index (χ0v) is 24.0. The number of unbranched alkanes of at least 4 members (excludes halogenated alkanes) is 7. The summed E-state index contributed by atoms with van der Waals surface area (Å²) in [5.74, 6) is -1.20. The lowest BCUT2D eigenvalue weighted by Crippen LogP contribution is -2.38. The van der Waals surface area contributed by atoms with Gasteiger partial charge >= 0.3 is 0 Å². The third-order valence-corrected chi connectivity index (χ3v) is 5.43. The van der Waals surface area contributed by atoms with Gasteiger partial charge in [-0.2, -0.15) is 0 Å². The van der Waals surface area contributed by atoms with Crippen LogP contribution >= 0.6 is 0 Å². The van der Waals surface area contributed by atoms with Gasteiger partial charge in [0.1, 0.15) is 6.61 Å². The molecule has 230 valence electrons. The molecule has 2 N–H and O–H groups in total. The first-order valence-electron chi connectivity index (χ1n) is 14.3. The molecule has 0 aliphatic rings. The smallest absolute Gasteiger partial charge is 0.222 e. The summed E-state index contributed by atoms with van der Waals surface area (Å²) < 4.78 is 43.4. The van der Waals surface area contributed by atoms with E-state index in [1.54, 1.807) is 6.92 Å². The van der Waals surface area contributed by atoms with Crippen LogP contribution in [0.3, 0.4) is 0 Å². The molecule has 0 radical (unpaired) electrons. The summed E-state index contributed by atoms with van der Waals surface area (Å²) in [5.41, 5.74) is 0. The Hall–Kier alpha value is -0.440. The SMILES string of the molecule is CCCCCCCCCCOCC(C)(OO)OCCOCCOCCOCCOCCOCCOCCO. The predicted molar refractivity (Wildman–Crippen MR) is 143 cm³/mol. The van der Waals surface area contributed by atoms with Crippen LogP contribution in [0.5, 0.6) is 0 Å². The van der Waals surface area contributed by atoms with Gasteiger partial charge in [0.25, 0.3) is 0 Å². The summed E-state index contributed by atoms with van der Waals surface area (Å²) >= 11 is 0. The molecule has 0 saturated heterocycles. The molecule has 11 heteroatoms. The molecule has 0 amide bonds. The normalized spacial score (nSPS) is 13.3. The molecular weight excluding hydrogens is 500 g/mol. The van der Waals surface area contributed by atoms with Crippen LogP contribution in [0.15, 0.2) is 0 Å². The zero-order chi connectivity index (χ0) is 27.8. The van der Waals surface area contributed by atoms with E-state index in [0.29, 0.717) is 85.9 Å². The lowest BCUT2D eigenvalue weighted by molar-refractivity contribution is -0.407. The summed E-state index contributed by atoms with van der Waals surface area (Å²) in [6.45, 7) is 10.4. The standard InChI is InChI=1S/C27H56O11/c1-3-4-5-6-7-8-9-10-12-36-26-27(2,38-29)37-25-24-35-23-22-34-21-20-33-19-18-32-17-16-31-15-14-30-13-11-28/h28-29H,3-26H2,1-2H3. The van der Waals surface area contributed by atoms with Crippen LogP contribution in [0.4, 0.5) is 0 Å². The van der Waals surface area contributed by atoms with E-state index < -0.39 is 5.79 Å². The van der Waals surface area contributed by atoms with Crippen molar-refractivity contribution in [3.05, 3.63) is 0 Å². The highest BCUT2D eigenvalue weighted by Gasteiger charge is 2.26. The average molecular weight is 557 g/mol. The largest absolute Gasteiger partial charge is 0.394 e. The molecule has 0 heterocycles. The van der Waals surface area contributed by atoms with Gasteiger partial charge in [0.05, 0.1) is 92.5 Å². The molecule has 0 aromatic heterocycles. The second-order valence-electron chi connectivity index (χ2n) is 9.00. The minimum absolute atomic E-state index is 0.0231. The Morgan fingerprint density at radius 1 is 0.474 bits per heavy atom. The van der Waals surface area contributed by atoms with Gasteiger partial charge in [0.15, 0.2) is 0 Å². The molecule has 0 aliphatic carbocycles. The van der Waals surface area contributed by atoms with Gasteiger partial charge in [-0.3, -0.25) is 0 Å². The number of ether oxygens (including phenoxy) is 8. The van der Waals surface area contributed by atoms with Crippen LogP contribution < -0.4 is 0 Å². The van der Waals surface area contributed by atoms with Crippen molar-refractivity contribution in [3.63, 3.8) is 0 Å². The Morgan fingerprint density at radius 2 is 0.868 bits per heavy atom. The van der Waals surface area contributed by atoms with E-state index in [1.807, 2.05) is 0 Å². The maximum Gasteiger partial charge on any atom is 0.222 e. The fourth-order valence-corrected chi connectivity index (χ4v) is 3.27. The first kappa shape index (κ1) is 37.6. The fourth-order valence-electron chi connectivity index (χ4n) is 3.27. The van der Waals surface area contributed by atoms with Crippen LogP contribution in [-0.2, 0) is 42.8 Å². The number of hydrogen-bond acceptors (Lipinski definition) is 11. The van der Waals surface area contributed by atoms with Gasteiger partial charge in [0, 0.05) is 6.61 Å². The molecule has 1 unspecified atom stereocenters. The minimum Gasteiger partial charge on any atom is -0.394 e. The van der Waals surface area contributed by atoms with Crippen molar-refractivity contribution in [3.8, 4) is 0 Å². The number of aliphatic hydroxyl groups is 1. The van der Waals surface area contributed by atoms with E-state index in [0.717, 1.165) is 12.8 Å². The monoisotopic (exact) mass is 556 g/mol. The van der Waals surface area contributed by atoms with Crippen LogP contribution in [-0.4, -0.2) is 122 Å². The highest BCUT2D eigenvalue weighted by Crippen LogP contribution is 2.13. The second-order valence-corrected chi connectivity index (χ2v) is 9.00. The van der Waals surface area contributed by atoms with Gasteiger partial charge < -0.3 is 43.0 Å². The summed E-state index contributed by atoms with van der Waals surface area (Å²) in [6.07, 6.45) is 9.94. The molecule has 0 aromatic rings. The summed E-state index contributed by atoms with van der Waals surface area (Å²) in [6, 6.07) is 0. The third-order valence-electron chi connectivity index (χ3n) is 5.43. The molecule has 11 nitrogen and oxygen atoms in total. The van der Waals surface area contributed by atoms with Gasteiger partial charge in [-0.25, -0.2) is 10.1 Å². The molecule has 0 saturated carbocycles. The molecule has 0 rings (SSSR count). The van der Waals surface area contributed by atoms with Crippen LogP contribution in [0, 0.1) is 0 Å². The van der Waals surface area contributed by atoms with Gasteiger partial charge in [-0.05, 0) is 13.3 Å². The van der Waals surface area contributed by atoms with Crippen molar-refractivity contribution in [2.75, 3.05) is 106 Å². The van der Waals surface area contributed by atoms with Crippen molar-refractivity contribution < 1.29 is 53.1 Å². The molecule has 0 aliphatic heterocycles. The first-order chi connectivity index (χ1) is 18.7. The quantitative estimate of drug-likeness (QED) is 0.0535. The van der Waals surface area contributed by atoms with Crippen molar-refractivity contribution in [2.45, 2.75) is 71.0 Å². The number of hydrogen-bond donors (Lipinski definition) is 2. The Balaban J connectivity index is 3.35. The van der Waals surface area contributed by atoms with E-state index >= 15 is 0 Å². The molecule has 1 atom stereocenters. The van der Waals surface area contributed by atoms with Crippen molar-refractivity contribution in [1.29, 1.82) is 0 Å². The molecular formula is C27H56O11. The molecule has 0 fully saturated rings. The van der Waals surface area contributed by atoms with E-state index in [1.165, 1.54) is 38.5 Å². The molecule has 0 aromatic carbocycles. The Labute approximate surface area is 230 Å². The number of rotatable bonds is 33. The Morgan fingerprint density at radius 3 is 1.29 bits per heavy atom. The molecule has 38 heavy (non-hydrogen) atoms. The fraction of sp³-hybridized carbons (Fsp3) is 1.00. The van der Waals surface area contributed by atoms with E-state index in [2.05, 4.69) is 11.8 Å². The Bertz CT molecular complexity index is 445. The second kappa shape index (κ2) is 31.1. The highest BCUT2D eigenvalue weighted by atomic mass is 17.1. The summed E-state index contributed by atoms with van der Waals surface area (Å²) in [7, 11) is 0. The first-order valence-corrected chi connectivity index (χ1v) is 14.3. The van der Waals surface area contributed by atoms with E-state index in [9.17, 15) is 5.26 Å². The van der Waals surface area contributed by atoms with Gasteiger partial charge in [-0.1, -0.05) is 51.9 Å². The van der Waals surface area contributed by atoms with Crippen LogP contribution in [0.2, 0.25) is 0 Å². The summed E-state index contributed by atoms with van der Waals surface area (Å²) in [4.78, 5) is 4.49. The van der Waals surface area contributed by atoms with E-state index in [-0.39, 0.29) is 19.8 Å². The molecule has 0 spiro atoms. The van der Waals surface area contributed by atoms with Crippen molar-refractivity contribution in [2.24, 2.45) is 0 Å². The van der Waals surface area contributed by atoms with Gasteiger partial charge in [0.2, 0.25) is 5.79 Å². The lowest BCUT2D eigenvalue weighted by Gasteiger charge is -2.25. The van der Waals surface area contributed by atoms with Crippen molar-refractivity contribution in [1.82, 2.24) is 0 Å². The maximum atomic E-state index is 9.19. The van der Waals surface area contributed by atoms with E-state index in [4.69, 9.17) is 43.0 Å². The third kappa shape index (κ3) is 28.6. The topological polar surface area (TPSA) is 124 Å². The molecule has 0 bridgehead atoms. The van der Waals surface area contributed by atoms with Gasteiger partial charge in [-0.15, -0.1) is 0 Å². The predicted octanol–water partition coefficient (Wildman–Crippen LogP) is 3.46. The zero-order valence-electron chi connectivity index (χ0n) is 24.0.